The summed E-state index contributed by atoms with van der Waals surface area (Å²) in [6, 6.07) is 13.1. The van der Waals surface area contributed by atoms with Crippen molar-refractivity contribution in [2.24, 2.45) is 0 Å². The van der Waals surface area contributed by atoms with Crippen LogP contribution in [-0.2, 0) is 6.54 Å². The highest BCUT2D eigenvalue weighted by molar-refractivity contribution is 5.73. The number of phenolic OH excluding ortho intramolecular Hbond substituents is 1. The predicted octanol–water partition coefficient (Wildman–Crippen LogP) is 4.26. The molecule has 142 valence electrons. The average molecular weight is 368 g/mol. The van der Waals surface area contributed by atoms with E-state index in [0.717, 1.165) is 33.9 Å². The quantitative estimate of drug-likeness (QED) is 0.672. The fraction of sp³-hybridized carbons (Fsp3) is 0.286. The lowest BCUT2D eigenvalue weighted by atomic mass is 10.0. The van der Waals surface area contributed by atoms with E-state index >= 15 is 0 Å². The van der Waals surface area contributed by atoms with Crippen molar-refractivity contribution in [3.63, 3.8) is 0 Å². The third kappa shape index (κ3) is 4.06. The number of aromatic hydroxyl groups is 1. The zero-order chi connectivity index (χ0) is 19.4. The highest BCUT2D eigenvalue weighted by Gasteiger charge is 2.17. The van der Waals surface area contributed by atoms with Crippen LogP contribution in [0.2, 0.25) is 0 Å². The molecule has 0 spiro atoms. The zero-order valence-electron chi connectivity index (χ0n) is 16.0. The number of nitrogens with zero attached hydrogens (tertiary/aromatic N) is 2. The summed E-state index contributed by atoms with van der Waals surface area (Å²) in [7, 11) is 5.26. The van der Waals surface area contributed by atoms with E-state index in [1.165, 1.54) is 0 Å². The van der Waals surface area contributed by atoms with Crippen molar-refractivity contribution in [2.75, 3.05) is 21.3 Å². The summed E-state index contributed by atoms with van der Waals surface area (Å²) >= 11 is 0. The molecule has 0 saturated heterocycles. The van der Waals surface area contributed by atoms with E-state index in [1.807, 2.05) is 50.4 Å². The van der Waals surface area contributed by atoms with Gasteiger partial charge in [-0.05, 0) is 49.9 Å². The van der Waals surface area contributed by atoms with E-state index in [0.29, 0.717) is 6.54 Å². The summed E-state index contributed by atoms with van der Waals surface area (Å²) in [5, 5.41) is 14.4. The number of hydrogen-bond donors (Lipinski definition) is 1. The first kappa shape index (κ1) is 18.8. The maximum absolute atomic E-state index is 10.4. The summed E-state index contributed by atoms with van der Waals surface area (Å²) in [4.78, 5) is 2.10. The van der Waals surface area contributed by atoms with Crippen LogP contribution in [0.25, 0.3) is 11.1 Å². The molecule has 0 amide bonds. The Morgan fingerprint density at radius 3 is 2.59 bits per heavy atom. The molecule has 1 atom stereocenters. The Bertz CT molecular complexity index is 893. The molecule has 0 radical (unpaired) electrons. The second-order valence-corrected chi connectivity index (χ2v) is 6.43. The Balaban J connectivity index is 1.91. The number of aromatic nitrogens is 1. The molecule has 0 aliphatic rings. The van der Waals surface area contributed by atoms with Crippen molar-refractivity contribution < 1.29 is 19.1 Å². The van der Waals surface area contributed by atoms with Gasteiger partial charge in [0.15, 0.2) is 0 Å². The van der Waals surface area contributed by atoms with Gasteiger partial charge in [-0.2, -0.15) is 0 Å². The van der Waals surface area contributed by atoms with Gasteiger partial charge in [-0.3, -0.25) is 4.90 Å². The van der Waals surface area contributed by atoms with Crippen LogP contribution >= 0.6 is 0 Å². The van der Waals surface area contributed by atoms with E-state index in [9.17, 15) is 5.11 Å². The van der Waals surface area contributed by atoms with Gasteiger partial charge in [0.25, 0.3) is 0 Å². The van der Waals surface area contributed by atoms with Crippen molar-refractivity contribution in [1.82, 2.24) is 10.1 Å². The SMILES string of the molecule is COc1ccc(OC)c(-c2ccc(O)c(CN(C)[C@@H](C)c3ccon3)c2)c1. The summed E-state index contributed by atoms with van der Waals surface area (Å²) in [5.41, 5.74) is 3.52. The monoisotopic (exact) mass is 368 g/mol. The summed E-state index contributed by atoms with van der Waals surface area (Å²) in [6.45, 7) is 2.60. The van der Waals surface area contributed by atoms with Crippen molar-refractivity contribution in [3.05, 3.63) is 60.0 Å². The van der Waals surface area contributed by atoms with Crippen LogP contribution < -0.4 is 9.47 Å². The smallest absolute Gasteiger partial charge is 0.126 e. The fourth-order valence-electron chi connectivity index (χ4n) is 2.99. The molecule has 3 rings (SSSR count). The Morgan fingerprint density at radius 1 is 1.11 bits per heavy atom. The van der Waals surface area contributed by atoms with Gasteiger partial charge in [0.2, 0.25) is 0 Å². The third-order valence-electron chi connectivity index (χ3n) is 4.76. The minimum atomic E-state index is 0.0539. The Morgan fingerprint density at radius 2 is 1.93 bits per heavy atom. The Hall–Kier alpha value is -2.99. The van der Waals surface area contributed by atoms with Gasteiger partial charge in [0.05, 0.1) is 20.3 Å². The van der Waals surface area contributed by atoms with Crippen molar-refractivity contribution in [2.45, 2.75) is 19.5 Å². The van der Waals surface area contributed by atoms with Gasteiger partial charge < -0.3 is 19.1 Å². The zero-order valence-corrected chi connectivity index (χ0v) is 16.0. The number of benzene rings is 2. The highest BCUT2D eigenvalue weighted by atomic mass is 16.5. The predicted molar refractivity (Wildman–Crippen MR) is 103 cm³/mol. The molecule has 1 N–H and O–H groups in total. The lowest BCUT2D eigenvalue weighted by Gasteiger charge is -2.23. The van der Waals surface area contributed by atoms with Gasteiger partial charge in [-0.15, -0.1) is 0 Å². The van der Waals surface area contributed by atoms with E-state index < -0.39 is 0 Å². The molecular weight excluding hydrogens is 344 g/mol. The second kappa shape index (κ2) is 8.14. The number of methoxy groups -OCH3 is 2. The molecule has 1 heterocycles. The molecule has 1 aromatic heterocycles. The number of phenols is 1. The Labute approximate surface area is 158 Å². The van der Waals surface area contributed by atoms with E-state index in [2.05, 4.69) is 10.1 Å². The average Bonchev–Trinajstić information content (AvgIpc) is 3.23. The first-order valence-corrected chi connectivity index (χ1v) is 8.68. The standard InChI is InChI=1S/C21H24N2O4/c1-14(19-9-10-27-22-19)23(2)13-16-11-15(5-7-20(16)24)18-12-17(25-3)6-8-21(18)26-4/h5-12,14,24H,13H2,1-4H3/t14-/m0/s1. The van der Waals surface area contributed by atoms with Crippen LogP contribution in [0.4, 0.5) is 0 Å². The minimum Gasteiger partial charge on any atom is -0.508 e. The Kier molecular flexibility index (Phi) is 5.66. The second-order valence-electron chi connectivity index (χ2n) is 6.43. The van der Waals surface area contributed by atoms with Gasteiger partial charge in [-0.25, -0.2) is 0 Å². The van der Waals surface area contributed by atoms with Gasteiger partial charge >= 0.3 is 0 Å². The topological polar surface area (TPSA) is 68.0 Å². The lowest BCUT2D eigenvalue weighted by molar-refractivity contribution is 0.238. The third-order valence-corrected chi connectivity index (χ3v) is 4.76. The van der Waals surface area contributed by atoms with Gasteiger partial charge in [-0.1, -0.05) is 11.2 Å². The molecule has 2 aromatic carbocycles. The van der Waals surface area contributed by atoms with Crippen molar-refractivity contribution in [1.29, 1.82) is 0 Å². The lowest BCUT2D eigenvalue weighted by Crippen LogP contribution is -2.22. The molecule has 0 aliphatic carbocycles. The van der Waals surface area contributed by atoms with Crippen LogP contribution in [0.1, 0.15) is 24.2 Å². The maximum Gasteiger partial charge on any atom is 0.126 e. The molecule has 0 fully saturated rings. The number of ether oxygens (including phenoxy) is 2. The first-order valence-electron chi connectivity index (χ1n) is 8.68. The first-order chi connectivity index (χ1) is 13.0. The van der Waals surface area contributed by atoms with Crippen LogP contribution in [0, 0.1) is 0 Å². The molecule has 0 unspecified atom stereocenters. The van der Waals surface area contributed by atoms with E-state index in [-0.39, 0.29) is 11.8 Å². The number of rotatable bonds is 7. The molecule has 0 aliphatic heterocycles. The van der Waals surface area contributed by atoms with Crippen molar-refractivity contribution >= 4 is 0 Å². The molecule has 27 heavy (non-hydrogen) atoms. The summed E-state index contributed by atoms with van der Waals surface area (Å²) in [6.07, 6.45) is 1.56. The molecule has 6 nitrogen and oxygen atoms in total. The largest absolute Gasteiger partial charge is 0.508 e. The molecule has 0 bridgehead atoms. The fourth-order valence-corrected chi connectivity index (χ4v) is 2.99. The van der Waals surface area contributed by atoms with Crippen molar-refractivity contribution in [3.8, 4) is 28.4 Å². The van der Waals surface area contributed by atoms with Crippen LogP contribution in [-0.4, -0.2) is 36.4 Å². The highest BCUT2D eigenvalue weighted by Crippen LogP contribution is 2.36. The molecule has 6 heteroatoms. The maximum atomic E-state index is 10.4. The minimum absolute atomic E-state index is 0.0539. The molecule has 3 aromatic rings. The normalized spacial score (nSPS) is 12.2. The summed E-state index contributed by atoms with van der Waals surface area (Å²) < 4.78 is 15.8. The molecular formula is C21H24N2O4. The van der Waals surface area contributed by atoms with E-state index in [4.69, 9.17) is 14.0 Å². The van der Waals surface area contributed by atoms with Gasteiger partial charge in [0, 0.05) is 23.7 Å². The summed E-state index contributed by atoms with van der Waals surface area (Å²) in [5.74, 6) is 1.74. The number of hydrogen-bond acceptors (Lipinski definition) is 6. The molecule has 0 saturated carbocycles. The van der Waals surface area contributed by atoms with E-state index in [1.54, 1.807) is 26.5 Å². The van der Waals surface area contributed by atoms with Crippen LogP contribution in [0.3, 0.4) is 0 Å². The van der Waals surface area contributed by atoms with Gasteiger partial charge in [0.1, 0.15) is 29.2 Å². The van der Waals surface area contributed by atoms with Crippen LogP contribution in [0.5, 0.6) is 17.2 Å². The van der Waals surface area contributed by atoms with Crippen LogP contribution in [0.15, 0.2) is 53.3 Å².